The van der Waals surface area contributed by atoms with Crippen LogP contribution in [0.1, 0.15) is 27.4 Å². The highest BCUT2D eigenvalue weighted by Crippen LogP contribution is 2.19. The second-order valence-corrected chi connectivity index (χ2v) is 8.52. The number of nitrogens with one attached hydrogen (secondary N) is 1. The molecular weight excluding hydrogens is 450 g/mol. The van der Waals surface area contributed by atoms with Crippen molar-refractivity contribution < 1.29 is 23.5 Å². The first-order valence-corrected chi connectivity index (χ1v) is 11.5. The van der Waals surface area contributed by atoms with Gasteiger partial charge in [-0.15, -0.1) is 0 Å². The number of anilines is 1. The van der Waals surface area contributed by atoms with Crippen molar-refractivity contribution in [2.24, 2.45) is 0 Å². The fourth-order valence-corrected chi connectivity index (χ4v) is 3.96. The summed E-state index contributed by atoms with van der Waals surface area (Å²) >= 11 is 0. The van der Waals surface area contributed by atoms with Crippen molar-refractivity contribution in [3.8, 4) is 0 Å². The van der Waals surface area contributed by atoms with Crippen molar-refractivity contribution in [1.82, 2.24) is 19.6 Å². The van der Waals surface area contributed by atoms with E-state index < -0.39 is 5.97 Å². The van der Waals surface area contributed by atoms with E-state index in [0.717, 1.165) is 16.8 Å². The number of aromatic nitrogens is 2. The molecule has 184 valence electrons. The van der Waals surface area contributed by atoms with Crippen LogP contribution >= 0.6 is 0 Å². The summed E-state index contributed by atoms with van der Waals surface area (Å²) in [7, 11) is 0. The van der Waals surface area contributed by atoms with Gasteiger partial charge in [-0.25, -0.2) is 4.79 Å². The Balaban J connectivity index is 1.18. The summed E-state index contributed by atoms with van der Waals surface area (Å²) in [6.45, 7) is 6.27. The minimum Gasteiger partial charge on any atom is -0.452 e. The molecule has 0 aliphatic carbocycles. The van der Waals surface area contributed by atoms with Gasteiger partial charge in [-0.1, -0.05) is 18.2 Å². The van der Waals surface area contributed by atoms with Gasteiger partial charge in [0, 0.05) is 44.3 Å². The van der Waals surface area contributed by atoms with Crippen LogP contribution in [0.15, 0.2) is 53.2 Å². The highest BCUT2D eigenvalue weighted by atomic mass is 16.5. The van der Waals surface area contributed by atoms with Gasteiger partial charge in [0.05, 0.1) is 13.1 Å². The summed E-state index contributed by atoms with van der Waals surface area (Å²) < 4.78 is 12.3. The Morgan fingerprint density at radius 3 is 2.46 bits per heavy atom. The monoisotopic (exact) mass is 479 g/mol. The number of furan rings is 1. The minimum absolute atomic E-state index is 0.0414. The molecule has 0 atom stereocenters. The summed E-state index contributed by atoms with van der Waals surface area (Å²) in [5.74, 6) is -0.445. The molecule has 4 rings (SSSR count). The third-order valence-corrected chi connectivity index (χ3v) is 5.90. The Bertz CT molecular complexity index is 1160. The van der Waals surface area contributed by atoms with Crippen molar-refractivity contribution in [3.63, 3.8) is 0 Å². The number of benzene rings is 1. The van der Waals surface area contributed by atoms with E-state index in [1.807, 2.05) is 36.9 Å². The summed E-state index contributed by atoms with van der Waals surface area (Å²) in [6, 6.07) is 10.9. The van der Waals surface area contributed by atoms with Crippen LogP contribution in [0.4, 0.5) is 5.69 Å². The van der Waals surface area contributed by atoms with E-state index in [2.05, 4.69) is 10.4 Å². The zero-order valence-corrected chi connectivity index (χ0v) is 19.9. The largest absolute Gasteiger partial charge is 0.452 e. The number of amides is 2. The number of carbonyl (C=O) groups excluding carboxylic acids is 3. The smallest absolute Gasteiger partial charge is 0.374 e. The van der Waals surface area contributed by atoms with Gasteiger partial charge in [-0.2, -0.15) is 5.10 Å². The maximum atomic E-state index is 12.5. The van der Waals surface area contributed by atoms with Crippen molar-refractivity contribution in [2.75, 3.05) is 44.6 Å². The van der Waals surface area contributed by atoms with Crippen LogP contribution in [0.25, 0.3) is 0 Å². The summed E-state index contributed by atoms with van der Waals surface area (Å²) in [4.78, 5) is 40.9. The number of carbonyl (C=O) groups is 3. The van der Waals surface area contributed by atoms with Crippen molar-refractivity contribution in [3.05, 3.63) is 71.4 Å². The quantitative estimate of drug-likeness (QED) is 0.493. The SMILES string of the molecule is Cc1cccc(C)c1NC(=O)CN1CCN(C(=O)COC(=O)c2ccc(Cn3cccn3)o2)CC1. The Morgan fingerprint density at radius 2 is 1.77 bits per heavy atom. The molecule has 1 saturated heterocycles. The average Bonchev–Trinajstić information content (AvgIpc) is 3.53. The molecule has 10 nitrogen and oxygen atoms in total. The zero-order valence-electron chi connectivity index (χ0n) is 19.9. The number of para-hydroxylation sites is 1. The second-order valence-electron chi connectivity index (χ2n) is 8.52. The van der Waals surface area contributed by atoms with E-state index in [9.17, 15) is 14.4 Å². The lowest BCUT2D eigenvalue weighted by Crippen LogP contribution is -2.51. The second kappa shape index (κ2) is 11.0. The molecule has 0 radical (unpaired) electrons. The lowest BCUT2D eigenvalue weighted by molar-refractivity contribution is -0.136. The maximum Gasteiger partial charge on any atom is 0.374 e. The normalized spacial score (nSPS) is 14.1. The van der Waals surface area contributed by atoms with E-state index >= 15 is 0 Å². The molecule has 0 unspecified atom stereocenters. The van der Waals surface area contributed by atoms with Crippen LogP contribution < -0.4 is 5.32 Å². The summed E-state index contributed by atoms with van der Waals surface area (Å²) in [6.07, 6.45) is 3.45. The maximum absolute atomic E-state index is 12.5. The third kappa shape index (κ3) is 6.36. The van der Waals surface area contributed by atoms with Gasteiger partial charge >= 0.3 is 5.97 Å². The number of hydrogen-bond donors (Lipinski definition) is 1. The van der Waals surface area contributed by atoms with Gasteiger partial charge in [-0.3, -0.25) is 19.2 Å². The third-order valence-electron chi connectivity index (χ3n) is 5.90. The predicted octanol–water partition coefficient (Wildman–Crippen LogP) is 2.08. The van der Waals surface area contributed by atoms with E-state index in [-0.39, 0.29) is 30.7 Å². The molecule has 3 aromatic rings. The minimum atomic E-state index is -0.688. The molecule has 10 heteroatoms. The summed E-state index contributed by atoms with van der Waals surface area (Å²) in [5.41, 5.74) is 2.89. The number of nitrogens with zero attached hydrogens (tertiary/aromatic N) is 4. The first-order valence-electron chi connectivity index (χ1n) is 11.5. The van der Waals surface area contributed by atoms with Crippen molar-refractivity contribution in [1.29, 1.82) is 0 Å². The van der Waals surface area contributed by atoms with Crippen molar-refractivity contribution in [2.45, 2.75) is 20.4 Å². The topological polar surface area (TPSA) is 110 Å². The molecule has 1 aliphatic rings. The highest BCUT2D eigenvalue weighted by Gasteiger charge is 2.24. The first kappa shape index (κ1) is 24.2. The summed E-state index contributed by atoms with van der Waals surface area (Å²) in [5, 5.41) is 7.08. The Labute approximate surface area is 203 Å². The first-order chi connectivity index (χ1) is 16.9. The standard InChI is InChI=1S/C25H29N5O5/c1-18-5-3-6-19(2)24(18)27-22(31)16-28-11-13-29(14-12-28)23(32)17-34-25(33)21-8-7-20(35-21)15-30-10-4-9-26-30/h3-10H,11-17H2,1-2H3,(H,27,31). The van der Waals surface area contributed by atoms with E-state index in [1.54, 1.807) is 34.1 Å². The molecule has 1 N–H and O–H groups in total. The van der Waals surface area contributed by atoms with Gasteiger partial charge < -0.3 is 19.4 Å². The number of ether oxygens (including phenoxy) is 1. The van der Waals surface area contributed by atoms with Gasteiger partial charge in [0.2, 0.25) is 11.7 Å². The lowest BCUT2D eigenvalue weighted by Gasteiger charge is -2.34. The molecule has 1 aliphatic heterocycles. The van der Waals surface area contributed by atoms with Crippen LogP contribution in [-0.4, -0.2) is 76.7 Å². The van der Waals surface area contributed by atoms with Crippen molar-refractivity contribution >= 4 is 23.5 Å². The number of hydrogen-bond acceptors (Lipinski definition) is 7. The number of rotatable bonds is 8. The Hall–Kier alpha value is -3.92. The van der Waals surface area contributed by atoms with Crippen LogP contribution in [0.3, 0.4) is 0 Å². The van der Waals surface area contributed by atoms with E-state index in [0.29, 0.717) is 38.5 Å². The molecule has 35 heavy (non-hydrogen) atoms. The van der Waals surface area contributed by atoms with E-state index in [1.165, 1.54) is 6.07 Å². The fraction of sp³-hybridized carbons (Fsp3) is 0.360. The molecule has 0 spiro atoms. The van der Waals surface area contributed by atoms with Gasteiger partial charge in [-0.05, 0) is 43.2 Å². The Kier molecular flexibility index (Phi) is 7.61. The number of esters is 1. The molecule has 2 amide bonds. The van der Waals surface area contributed by atoms with Crippen LogP contribution in [0.2, 0.25) is 0 Å². The molecule has 0 saturated carbocycles. The van der Waals surface area contributed by atoms with Crippen LogP contribution in [0.5, 0.6) is 0 Å². The molecule has 3 heterocycles. The number of aryl methyl sites for hydroxylation is 2. The number of piperazine rings is 1. The molecule has 0 bridgehead atoms. The van der Waals surface area contributed by atoms with E-state index in [4.69, 9.17) is 9.15 Å². The van der Waals surface area contributed by atoms with Crippen LogP contribution in [-0.2, 0) is 20.9 Å². The molecule has 2 aromatic heterocycles. The average molecular weight is 480 g/mol. The highest BCUT2D eigenvalue weighted by molar-refractivity contribution is 5.93. The zero-order chi connectivity index (χ0) is 24.8. The van der Waals surface area contributed by atoms with Gasteiger partial charge in [0.15, 0.2) is 6.61 Å². The Morgan fingerprint density at radius 1 is 1.03 bits per heavy atom. The van der Waals surface area contributed by atoms with Gasteiger partial charge in [0.1, 0.15) is 5.76 Å². The molecular formula is C25H29N5O5. The lowest BCUT2D eigenvalue weighted by atomic mass is 10.1. The van der Waals surface area contributed by atoms with Crippen LogP contribution in [0, 0.1) is 13.8 Å². The fourth-order valence-electron chi connectivity index (χ4n) is 3.96. The predicted molar refractivity (Wildman–Crippen MR) is 128 cm³/mol. The van der Waals surface area contributed by atoms with Gasteiger partial charge in [0.25, 0.3) is 5.91 Å². The molecule has 1 aromatic carbocycles. The molecule has 1 fully saturated rings.